The first-order valence-corrected chi connectivity index (χ1v) is 8.27. The lowest BCUT2D eigenvalue weighted by molar-refractivity contribution is -0.125. The topological polar surface area (TPSA) is 86.1 Å². The van der Waals surface area contributed by atoms with Gasteiger partial charge < -0.3 is 10.1 Å². The molecular formula is C18H24N4O3. The van der Waals surface area contributed by atoms with Crippen LogP contribution >= 0.6 is 0 Å². The van der Waals surface area contributed by atoms with Gasteiger partial charge in [0, 0.05) is 5.92 Å². The third-order valence-corrected chi connectivity index (χ3v) is 3.99. The number of ether oxygens (including phenoxy) is 1. The second-order valence-electron chi connectivity index (χ2n) is 6.38. The molecular weight excluding hydrogens is 320 g/mol. The molecule has 2 aromatic rings. The molecule has 0 spiro atoms. The normalized spacial score (nSPS) is 13.3. The third kappa shape index (κ3) is 4.89. The van der Waals surface area contributed by atoms with Crippen molar-refractivity contribution in [2.75, 3.05) is 7.11 Å². The van der Waals surface area contributed by atoms with Crippen molar-refractivity contribution in [2.24, 2.45) is 11.8 Å². The highest BCUT2D eigenvalue weighted by atomic mass is 16.5. The molecule has 1 aromatic carbocycles. The number of carbonyl (C=O) groups excluding carboxylic acids is 2. The van der Waals surface area contributed by atoms with E-state index in [-0.39, 0.29) is 23.8 Å². The first kappa shape index (κ1) is 18.6. The van der Waals surface area contributed by atoms with Crippen molar-refractivity contribution in [3.8, 4) is 0 Å². The molecule has 0 aliphatic carbocycles. The van der Waals surface area contributed by atoms with E-state index in [4.69, 9.17) is 0 Å². The van der Waals surface area contributed by atoms with E-state index in [1.807, 2.05) is 51.1 Å². The van der Waals surface area contributed by atoms with Gasteiger partial charge in [-0.25, -0.2) is 4.79 Å². The van der Waals surface area contributed by atoms with Crippen LogP contribution in [0.5, 0.6) is 0 Å². The zero-order chi connectivity index (χ0) is 18.4. The number of aromatic nitrogens is 3. The van der Waals surface area contributed by atoms with Crippen LogP contribution in [0.1, 0.15) is 38.1 Å². The Balaban J connectivity index is 2.06. The van der Waals surface area contributed by atoms with Gasteiger partial charge in [0.2, 0.25) is 5.91 Å². The highest BCUT2D eigenvalue weighted by molar-refractivity contribution is 5.79. The fourth-order valence-electron chi connectivity index (χ4n) is 2.54. The van der Waals surface area contributed by atoms with Gasteiger partial charge in [-0.05, 0) is 17.9 Å². The average molecular weight is 344 g/mol. The van der Waals surface area contributed by atoms with Gasteiger partial charge >= 0.3 is 6.09 Å². The molecule has 2 rings (SSSR count). The van der Waals surface area contributed by atoms with Crippen molar-refractivity contribution < 1.29 is 14.3 Å². The fraction of sp³-hybridized carbons (Fsp3) is 0.444. The van der Waals surface area contributed by atoms with E-state index in [0.29, 0.717) is 12.1 Å². The van der Waals surface area contributed by atoms with Crippen LogP contribution < -0.4 is 5.32 Å². The number of nitrogens with one attached hydrogen (secondary N) is 1. The first-order valence-electron chi connectivity index (χ1n) is 8.27. The number of methoxy groups -OCH3 is 1. The van der Waals surface area contributed by atoms with E-state index in [2.05, 4.69) is 20.4 Å². The molecule has 7 heteroatoms. The molecule has 134 valence electrons. The van der Waals surface area contributed by atoms with Gasteiger partial charge in [-0.3, -0.25) is 4.79 Å². The highest BCUT2D eigenvalue weighted by Crippen LogP contribution is 2.20. The van der Waals surface area contributed by atoms with Crippen LogP contribution in [0.2, 0.25) is 0 Å². The molecule has 0 radical (unpaired) electrons. The van der Waals surface area contributed by atoms with Gasteiger partial charge in [-0.2, -0.15) is 4.68 Å². The van der Waals surface area contributed by atoms with E-state index in [0.717, 1.165) is 10.2 Å². The van der Waals surface area contributed by atoms with E-state index in [1.165, 1.54) is 13.3 Å². The molecule has 1 N–H and O–H groups in total. The van der Waals surface area contributed by atoms with E-state index in [9.17, 15) is 9.59 Å². The van der Waals surface area contributed by atoms with Gasteiger partial charge in [0.1, 0.15) is 5.69 Å². The van der Waals surface area contributed by atoms with E-state index >= 15 is 0 Å². The molecule has 2 atom stereocenters. The molecule has 0 aliphatic rings. The molecule has 1 unspecified atom stereocenters. The summed E-state index contributed by atoms with van der Waals surface area (Å²) in [6.45, 7) is 5.85. The summed E-state index contributed by atoms with van der Waals surface area (Å²) in [5.41, 5.74) is 1.64. The standard InChI is InChI=1S/C18H24N4O3/c1-12(2)16(15-11-22(21-20-15)18(24)25-4)19-17(23)13(3)10-14-8-6-5-7-9-14/h5-9,11-13,16H,10H2,1-4H3,(H,19,23)/t13-,16?/m1/s1. The Morgan fingerprint density at radius 2 is 1.88 bits per heavy atom. The number of hydrogen-bond acceptors (Lipinski definition) is 5. The summed E-state index contributed by atoms with van der Waals surface area (Å²) in [6.07, 6.45) is 1.52. The number of rotatable bonds is 6. The lowest BCUT2D eigenvalue weighted by Crippen LogP contribution is -2.36. The first-order chi connectivity index (χ1) is 11.9. The van der Waals surface area contributed by atoms with Crippen LogP contribution in [-0.2, 0) is 16.0 Å². The molecule has 25 heavy (non-hydrogen) atoms. The largest absolute Gasteiger partial charge is 0.451 e. The number of benzene rings is 1. The Labute approximate surface area is 147 Å². The van der Waals surface area contributed by atoms with Crippen molar-refractivity contribution in [3.05, 3.63) is 47.8 Å². The van der Waals surface area contributed by atoms with Gasteiger partial charge in [0.15, 0.2) is 0 Å². The third-order valence-electron chi connectivity index (χ3n) is 3.99. The maximum Gasteiger partial charge on any atom is 0.435 e. The lowest BCUT2D eigenvalue weighted by Gasteiger charge is -2.22. The lowest BCUT2D eigenvalue weighted by atomic mass is 9.97. The van der Waals surface area contributed by atoms with Crippen LogP contribution in [0, 0.1) is 11.8 Å². The van der Waals surface area contributed by atoms with E-state index in [1.54, 1.807) is 0 Å². The molecule has 0 saturated heterocycles. The summed E-state index contributed by atoms with van der Waals surface area (Å²) in [5, 5.41) is 10.8. The summed E-state index contributed by atoms with van der Waals surface area (Å²) in [5.74, 6) is -0.148. The minimum atomic E-state index is -0.620. The summed E-state index contributed by atoms with van der Waals surface area (Å²) >= 11 is 0. The van der Waals surface area contributed by atoms with Crippen molar-refractivity contribution >= 4 is 12.0 Å². The Bertz CT molecular complexity index is 712. The van der Waals surface area contributed by atoms with Crippen LogP contribution in [0.3, 0.4) is 0 Å². The average Bonchev–Trinajstić information content (AvgIpc) is 3.08. The van der Waals surface area contributed by atoms with Crippen molar-refractivity contribution in [1.29, 1.82) is 0 Å². The fourth-order valence-corrected chi connectivity index (χ4v) is 2.54. The smallest absolute Gasteiger partial charge is 0.435 e. The molecule has 1 aromatic heterocycles. The number of hydrogen-bond donors (Lipinski definition) is 1. The zero-order valence-electron chi connectivity index (χ0n) is 15.0. The Hall–Kier alpha value is -2.70. The number of carbonyl (C=O) groups is 2. The SMILES string of the molecule is COC(=O)n1cc(C(NC(=O)[C@H](C)Cc2ccccc2)C(C)C)nn1. The minimum absolute atomic E-state index is 0.0600. The maximum absolute atomic E-state index is 12.6. The molecule has 0 fully saturated rings. The molecule has 0 aliphatic heterocycles. The van der Waals surface area contributed by atoms with Crippen molar-refractivity contribution in [1.82, 2.24) is 20.3 Å². The van der Waals surface area contributed by atoms with Crippen LogP contribution in [-0.4, -0.2) is 34.1 Å². The number of nitrogens with zero attached hydrogens (tertiary/aromatic N) is 3. The maximum atomic E-state index is 12.6. The van der Waals surface area contributed by atoms with Crippen LogP contribution in [0.4, 0.5) is 4.79 Å². The predicted octanol–water partition coefficient (Wildman–Crippen LogP) is 2.58. The second-order valence-corrected chi connectivity index (χ2v) is 6.38. The summed E-state index contributed by atoms with van der Waals surface area (Å²) in [6, 6.07) is 9.55. The Morgan fingerprint density at radius 1 is 1.20 bits per heavy atom. The monoisotopic (exact) mass is 344 g/mol. The highest BCUT2D eigenvalue weighted by Gasteiger charge is 2.25. The van der Waals surface area contributed by atoms with Gasteiger partial charge in [-0.15, -0.1) is 5.10 Å². The predicted molar refractivity (Wildman–Crippen MR) is 92.9 cm³/mol. The van der Waals surface area contributed by atoms with Gasteiger partial charge in [0.25, 0.3) is 0 Å². The summed E-state index contributed by atoms with van der Waals surface area (Å²) in [7, 11) is 1.27. The quantitative estimate of drug-likeness (QED) is 0.870. The summed E-state index contributed by atoms with van der Waals surface area (Å²) < 4.78 is 5.63. The van der Waals surface area contributed by atoms with Gasteiger partial charge in [0.05, 0.1) is 19.3 Å². The van der Waals surface area contributed by atoms with E-state index < -0.39 is 6.09 Å². The molecule has 0 bridgehead atoms. The Morgan fingerprint density at radius 3 is 2.48 bits per heavy atom. The molecule has 0 saturated carbocycles. The zero-order valence-corrected chi connectivity index (χ0v) is 15.0. The Kier molecular flexibility index (Phi) is 6.27. The minimum Gasteiger partial charge on any atom is -0.451 e. The molecule has 7 nitrogen and oxygen atoms in total. The van der Waals surface area contributed by atoms with Crippen LogP contribution in [0.15, 0.2) is 36.5 Å². The summed E-state index contributed by atoms with van der Waals surface area (Å²) in [4.78, 5) is 24.1. The number of amides is 1. The van der Waals surface area contributed by atoms with Crippen molar-refractivity contribution in [2.45, 2.75) is 33.2 Å². The molecule has 1 heterocycles. The molecule has 1 amide bonds. The van der Waals surface area contributed by atoms with Crippen molar-refractivity contribution in [3.63, 3.8) is 0 Å². The van der Waals surface area contributed by atoms with Crippen LogP contribution in [0.25, 0.3) is 0 Å². The van der Waals surface area contributed by atoms with Gasteiger partial charge in [-0.1, -0.05) is 56.3 Å². The second kappa shape index (κ2) is 8.41.